The molecular weight excluding hydrogens is 1320 g/mol. The number of fused-ring (bicyclic) bond motifs is 16. The van der Waals surface area contributed by atoms with Crippen LogP contribution in [-0.2, 0) is 0 Å². The van der Waals surface area contributed by atoms with Crippen LogP contribution in [0.2, 0.25) is 0 Å². The second kappa shape index (κ2) is 24.1. The maximum atomic E-state index is 9.72. The molecule has 0 amide bonds. The molecule has 0 saturated carbocycles. The van der Waals surface area contributed by atoms with Crippen LogP contribution in [-0.4, -0.2) is 25.0 Å². The molecule has 21 aromatic rings. The summed E-state index contributed by atoms with van der Waals surface area (Å²) in [5.41, 5.74) is 11.1. The van der Waals surface area contributed by atoms with Crippen LogP contribution in [0.15, 0.2) is 394 Å². The first-order chi connectivity index (χ1) is 67.4. The number of aromatic nitrogens is 4. The van der Waals surface area contributed by atoms with E-state index in [1.807, 2.05) is 140 Å². The van der Waals surface area contributed by atoms with E-state index in [-0.39, 0.29) is 98.6 Å². The van der Waals surface area contributed by atoms with E-state index in [0.717, 1.165) is 0 Å². The van der Waals surface area contributed by atoms with Crippen molar-refractivity contribution in [2.45, 2.75) is 0 Å². The fourth-order valence-corrected chi connectivity index (χ4v) is 16.5. The normalized spacial score (nSPS) is 16.6. The summed E-state index contributed by atoms with van der Waals surface area (Å²) in [7, 11) is 0. The molecule has 0 unspecified atom stereocenters. The van der Waals surface area contributed by atoms with Crippen molar-refractivity contribution >= 4 is 144 Å². The molecule has 2 aliphatic rings. The Morgan fingerprint density at radius 3 is 0.743 bits per heavy atom. The van der Waals surface area contributed by atoms with Crippen molar-refractivity contribution in [2.75, 3.05) is 9.80 Å². The third kappa shape index (κ3) is 9.24. The molecule has 0 fully saturated rings. The summed E-state index contributed by atoms with van der Waals surface area (Å²) in [4.78, 5) is 4.15. The topological polar surface area (TPSA) is 26.2 Å². The first kappa shape index (κ1) is 37.5. The van der Waals surface area contributed by atoms with Gasteiger partial charge in [0.25, 0.3) is 6.71 Å². The van der Waals surface area contributed by atoms with E-state index in [0.29, 0.717) is 106 Å². The molecule has 6 nitrogen and oxygen atoms in total. The second-order valence-corrected chi connectivity index (χ2v) is 26.7. The van der Waals surface area contributed by atoms with Gasteiger partial charge in [0, 0.05) is 99.7 Å². The van der Waals surface area contributed by atoms with E-state index in [9.17, 15) is 16.4 Å². The number of hydrogen-bond donors (Lipinski definition) is 0. The van der Waals surface area contributed by atoms with Crippen LogP contribution in [0.25, 0.3) is 154 Å². The van der Waals surface area contributed by atoms with E-state index in [2.05, 4.69) is 9.80 Å². The van der Waals surface area contributed by atoms with E-state index in [1.54, 1.807) is 60.7 Å². The zero-order chi connectivity index (χ0) is 99.2. The van der Waals surface area contributed by atoms with Crippen LogP contribution in [0.4, 0.5) is 34.1 Å². The summed E-state index contributed by atoms with van der Waals surface area (Å²) in [6, 6.07) is 43.8. The summed E-state index contributed by atoms with van der Waals surface area (Å²) in [6.07, 6.45) is 0. The number of para-hydroxylation sites is 10. The van der Waals surface area contributed by atoms with Crippen molar-refractivity contribution in [2.24, 2.45) is 0 Å². The monoisotopic (exact) mass is 1420 g/mol. The maximum Gasteiger partial charge on any atom is 0.252 e. The van der Waals surface area contributed by atoms with Gasteiger partial charge in [-0.25, -0.2) is 0 Å². The minimum absolute atomic E-state index is 0.0365. The summed E-state index contributed by atoms with van der Waals surface area (Å²) >= 11 is 0. The molecule has 4 aromatic heterocycles. The first-order valence-corrected chi connectivity index (χ1v) is 35.1. The van der Waals surface area contributed by atoms with Crippen LogP contribution in [0.5, 0.6) is 0 Å². The predicted molar refractivity (Wildman–Crippen MR) is 460 cm³/mol. The van der Waals surface area contributed by atoms with Gasteiger partial charge in [-0.1, -0.05) is 272 Å². The molecule has 2 aliphatic heterocycles. The van der Waals surface area contributed by atoms with Gasteiger partial charge in [0.15, 0.2) is 0 Å². The van der Waals surface area contributed by atoms with Crippen molar-refractivity contribution in [1.82, 2.24) is 18.3 Å². The maximum absolute atomic E-state index is 9.72. The van der Waals surface area contributed by atoms with Gasteiger partial charge in [-0.15, -0.1) is 0 Å². The third-order valence-electron chi connectivity index (χ3n) is 21.2. The molecule has 0 saturated heterocycles. The Balaban J connectivity index is 0.731. The van der Waals surface area contributed by atoms with Crippen LogP contribution in [0.3, 0.4) is 0 Å². The van der Waals surface area contributed by atoms with Gasteiger partial charge in [0.2, 0.25) is 0 Å². The molecule has 17 aromatic carbocycles. The van der Waals surface area contributed by atoms with Crippen molar-refractivity contribution in [3.63, 3.8) is 0 Å². The lowest BCUT2D eigenvalue weighted by Crippen LogP contribution is -2.61. The molecule has 0 spiro atoms. The number of anilines is 6. The van der Waals surface area contributed by atoms with Gasteiger partial charge in [0.05, 0.1) is 99.4 Å². The fourth-order valence-electron chi connectivity index (χ4n) is 16.5. The number of hydrogen-bond acceptors (Lipinski definition) is 2. The molecule has 506 valence electrons. The predicted octanol–water partition coefficient (Wildman–Crippen LogP) is 24.8. The van der Waals surface area contributed by atoms with Crippen molar-refractivity contribution in [1.29, 1.82) is 0 Å². The van der Waals surface area contributed by atoms with Crippen molar-refractivity contribution < 1.29 is 43.9 Å². The minimum Gasteiger partial charge on any atom is -0.311 e. The van der Waals surface area contributed by atoms with Gasteiger partial charge < -0.3 is 28.1 Å². The average molecular weight is 1420 g/mol. The van der Waals surface area contributed by atoms with Gasteiger partial charge in [-0.3, -0.25) is 0 Å². The molecule has 23 rings (SSSR count). The first-order valence-electron chi connectivity index (χ1n) is 51.1. The number of nitrogens with zero attached hydrogens (tertiary/aromatic N) is 6. The van der Waals surface area contributed by atoms with Gasteiger partial charge in [-0.05, 0) is 171 Å². The van der Waals surface area contributed by atoms with Crippen LogP contribution < -0.4 is 26.2 Å². The zero-order valence-corrected chi connectivity index (χ0v) is 56.8. The lowest BCUT2D eigenvalue weighted by Gasteiger charge is -2.45. The summed E-state index contributed by atoms with van der Waals surface area (Å²) < 4.78 is 297. The highest BCUT2D eigenvalue weighted by Gasteiger charge is 2.44. The van der Waals surface area contributed by atoms with Crippen LogP contribution in [0, 0.1) is 0 Å². The smallest absolute Gasteiger partial charge is 0.252 e. The molecule has 0 radical (unpaired) electrons. The van der Waals surface area contributed by atoms with Crippen molar-refractivity contribution in [3.05, 3.63) is 394 Å². The minimum atomic E-state index is -0.838. The zero-order valence-electron chi connectivity index (χ0n) is 88.8. The number of rotatable bonds is 10. The largest absolute Gasteiger partial charge is 0.311 e. The van der Waals surface area contributed by atoms with E-state index < -0.39 is 200 Å². The third-order valence-corrected chi connectivity index (χ3v) is 21.2. The highest BCUT2D eigenvalue weighted by atomic mass is 15.2. The summed E-state index contributed by atoms with van der Waals surface area (Å²) in [5, 5.41) is -0.878. The summed E-state index contributed by atoms with van der Waals surface area (Å²) in [5.74, 6) is 0. The second-order valence-electron chi connectivity index (χ2n) is 26.7. The molecule has 0 bridgehead atoms. The Hall–Kier alpha value is -14.4. The van der Waals surface area contributed by atoms with E-state index in [4.69, 9.17) is 27.4 Å². The van der Waals surface area contributed by atoms with E-state index >= 15 is 0 Å². The SMILES string of the molecule is [2H]c1c([2H])c([2H])c2c(c1[2H])c1c([2H])c([2H])c([2H])c([2H])c1n2-c1ccc(-c2ccc(-c3ccccc3N3c4cc(-n5c6c([2H])c([2H])c([2H])c([2H])c6c6c([2H])c([2H])c([2H])c([2H])c65)ccc4B4c5ccc(-n6c7c([2H])c([2H])c([2H])c([2H])c7c7c([2H])c([2H])c([2H])c([2H])c76)cc5N(c5ccccc5-c5ccc(-c6ccc(-n7c8c([2H])c([2H])c([2H])c([2H])c8c8c([2H])c([2H])c([2H])c([2H])c87)cc6)cc5)c5cccc3c54)cc2)cc1. The number of benzene rings is 17. The highest BCUT2D eigenvalue weighted by molar-refractivity contribution is 7.00. The molecular formula is C102H65BN6. The Morgan fingerprint density at radius 1 is 0.202 bits per heavy atom. The highest BCUT2D eigenvalue weighted by Crippen LogP contribution is 2.50. The lowest BCUT2D eigenvalue weighted by atomic mass is 9.33. The lowest BCUT2D eigenvalue weighted by molar-refractivity contribution is 1.17. The molecule has 0 N–H and O–H groups in total. The van der Waals surface area contributed by atoms with Gasteiger partial charge >= 0.3 is 0 Å². The van der Waals surface area contributed by atoms with Crippen molar-refractivity contribution in [3.8, 4) is 67.3 Å². The van der Waals surface area contributed by atoms with E-state index in [1.165, 1.54) is 18.3 Å². The van der Waals surface area contributed by atoms with Crippen LogP contribution in [0.1, 0.15) is 43.9 Å². The Bertz CT molecular complexity index is 8500. The fraction of sp³-hybridized carbons (Fsp3) is 0. The van der Waals surface area contributed by atoms with Gasteiger partial charge in [-0.2, -0.15) is 0 Å². The summed E-state index contributed by atoms with van der Waals surface area (Å²) in [6.45, 7) is -0.838. The molecule has 6 heterocycles. The van der Waals surface area contributed by atoms with Gasteiger partial charge in [0.1, 0.15) is 0 Å². The molecule has 0 atom stereocenters. The Labute approximate surface area is 675 Å². The molecule has 0 aliphatic carbocycles. The average Bonchev–Trinajstić information content (AvgIpc) is 1.67. The molecule has 109 heavy (non-hydrogen) atoms. The Kier molecular flexibility index (Phi) is 8.29. The van der Waals surface area contributed by atoms with Crippen LogP contribution >= 0.6 is 0 Å². The Morgan fingerprint density at radius 2 is 0.440 bits per heavy atom. The standard InChI is InChI=1S/C102H65BN6/c1-11-32-88(76(22-1)70-48-44-66(45-49-70)68-52-56-72(57-53-68)104-90-34-13-3-24-78(90)79-25-4-14-35-91(79)104)108-98-42-21-43-99-102(98)103(86-62-60-74(64-100(86)108)106-94-38-17-7-28-82(94)83-29-8-18-39-95(83)106)87-63-61-75(107-96-40-19-9-30-84(96)85-31-10-20-41-97(85)107)65-101(87)109(99)89-33-12-2-23-77(89)71-50-46-67(47-51-71)69-54-58-73(59-55-69)105-92-36-15-5-26-80(92)81-27-6-16-37-93(81)105/h1-65H/i3D,4D,5D,6D,7D,8D,9D,10D,13D,14D,15D,16D,17D,18D,19D,20D,24D,25D,26D,27D,28D,29D,30D,31D,34D,35D,36D,37D,38D,39D,40D,41D. The quantitative estimate of drug-likeness (QED) is 0.128. The molecule has 7 heteroatoms.